The van der Waals surface area contributed by atoms with Gasteiger partial charge in [0.1, 0.15) is 25.5 Å². The summed E-state index contributed by atoms with van der Waals surface area (Å²) in [4.78, 5) is 14.7. The molecule has 2 atom stereocenters. The van der Waals surface area contributed by atoms with E-state index in [9.17, 15) is 4.79 Å². The van der Waals surface area contributed by atoms with Gasteiger partial charge in [-0.05, 0) is 64.3 Å². The van der Waals surface area contributed by atoms with Gasteiger partial charge in [-0.3, -0.25) is 0 Å². The average molecular weight is 414 g/mol. The van der Waals surface area contributed by atoms with Crippen LogP contribution in [0.25, 0.3) is 0 Å². The van der Waals surface area contributed by atoms with Crippen LogP contribution in [0.2, 0.25) is 19.6 Å². The van der Waals surface area contributed by atoms with E-state index in [4.69, 9.17) is 9.47 Å². The average Bonchev–Trinajstić information content (AvgIpc) is 2.58. The van der Waals surface area contributed by atoms with Gasteiger partial charge in [-0.25, -0.2) is 4.79 Å². The van der Waals surface area contributed by atoms with Crippen LogP contribution in [0.5, 0.6) is 5.75 Å². The van der Waals surface area contributed by atoms with Gasteiger partial charge in [0.25, 0.3) is 0 Å². The predicted molar refractivity (Wildman–Crippen MR) is 120 cm³/mol. The van der Waals surface area contributed by atoms with Gasteiger partial charge in [-0.2, -0.15) is 0 Å². The minimum atomic E-state index is -1.37. The van der Waals surface area contributed by atoms with Crippen molar-refractivity contribution in [2.75, 3.05) is 0 Å². The highest BCUT2D eigenvalue weighted by Crippen LogP contribution is 2.36. The maximum atomic E-state index is 12.7. The molecule has 29 heavy (non-hydrogen) atoms. The highest BCUT2D eigenvalue weighted by molar-refractivity contribution is 6.83. The van der Waals surface area contributed by atoms with E-state index in [0.717, 1.165) is 37.0 Å². The van der Waals surface area contributed by atoms with Gasteiger partial charge in [-0.1, -0.05) is 25.6 Å². The zero-order valence-electron chi connectivity index (χ0n) is 18.7. The summed E-state index contributed by atoms with van der Waals surface area (Å²) >= 11 is 0. The lowest BCUT2D eigenvalue weighted by molar-refractivity contribution is -0.0405. The van der Waals surface area contributed by atoms with Crippen molar-refractivity contribution in [3.63, 3.8) is 0 Å². The number of rotatable bonds is 2. The van der Waals surface area contributed by atoms with Crippen molar-refractivity contribution in [3.05, 3.63) is 29.8 Å². The minimum absolute atomic E-state index is 0.142. The Kier molecular flexibility index (Phi) is 6.33. The molecule has 2 heterocycles. The van der Waals surface area contributed by atoms with Crippen molar-refractivity contribution in [3.8, 4) is 17.2 Å². The predicted octanol–water partition coefficient (Wildman–Crippen LogP) is 5.61. The molecule has 0 radical (unpaired) electrons. The molecule has 4 nitrogen and oxygen atoms in total. The van der Waals surface area contributed by atoms with E-state index in [-0.39, 0.29) is 24.3 Å². The van der Waals surface area contributed by atoms with Gasteiger partial charge in [0.05, 0.1) is 0 Å². The first kappa shape index (κ1) is 21.8. The Hall–Kier alpha value is -1.93. The summed E-state index contributed by atoms with van der Waals surface area (Å²) in [5.74, 6) is 4.17. The standard InChI is InChI=1S/C24H35NO3Si/c1-24(2,3)28-23(26)25-19-8-7-9-20(25)17-22(16-19)27-21-12-10-18(11-13-21)14-15-29(4,5)6/h10-13,19-20,22H,7-9,16-17H2,1-6H3. The molecule has 0 spiro atoms. The zero-order valence-corrected chi connectivity index (χ0v) is 19.7. The molecule has 2 aliphatic rings. The monoisotopic (exact) mass is 413 g/mol. The Morgan fingerprint density at radius 3 is 2.17 bits per heavy atom. The summed E-state index contributed by atoms with van der Waals surface area (Å²) in [5, 5.41) is 0. The Balaban J connectivity index is 1.63. The van der Waals surface area contributed by atoms with E-state index >= 15 is 0 Å². The van der Waals surface area contributed by atoms with Crippen LogP contribution >= 0.6 is 0 Å². The lowest BCUT2D eigenvalue weighted by Gasteiger charge is -2.48. The molecule has 0 aromatic heterocycles. The Morgan fingerprint density at radius 2 is 1.66 bits per heavy atom. The second kappa shape index (κ2) is 8.43. The lowest BCUT2D eigenvalue weighted by atomic mass is 9.83. The van der Waals surface area contributed by atoms with Crippen LogP contribution in [0.1, 0.15) is 58.4 Å². The minimum Gasteiger partial charge on any atom is -0.490 e. The van der Waals surface area contributed by atoms with Crippen molar-refractivity contribution in [2.24, 2.45) is 0 Å². The number of amides is 1. The number of carbonyl (C=O) groups is 1. The molecule has 0 saturated carbocycles. The molecule has 2 saturated heterocycles. The van der Waals surface area contributed by atoms with Crippen molar-refractivity contribution in [1.29, 1.82) is 0 Å². The Bertz CT molecular complexity index is 766. The molecular formula is C24H35NO3Si. The van der Waals surface area contributed by atoms with E-state index in [0.29, 0.717) is 0 Å². The van der Waals surface area contributed by atoms with Crippen LogP contribution in [0, 0.1) is 11.5 Å². The Morgan fingerprint density at radius 1 is 1.07 bits per heavy atom. The lowest BCUT2D eigenvalue weighted by Crippen LogP contribution is -2.57. The van der Waals surface area contributed by atoms with Crippen molar-refractivity contribution >= 4 is 14.2 Å². The van der Waals surface area contributed by atoms with Gasteiger partial charge in [0.2, 0.25) is 0 Å². The molecule has 1 aromatic carbocycles. The van der Waals surface area contributed by atoms with E-state index in [1.807, 2.05) is 49.9 Å². The summed E-state index contributed by atoms with van der Waals surface area (Å²) in [5.41, 5.74) is 3.97. The summed E-state index contributed by atoms with van der Waals surface area (Å²) in [6, 6.07) is 8.54. The van der Waals surface area contributed by atoms with Crippen LogP contribution in [-0.2, 0) is 4.74 Å². The molecule has 2 unspecified atom stereocenters. The highest BCUT2D eigenvalue weighted by atomic mass is 28.3. The number of carbonyl (C=O) groups excluding carboxylic acids is 1. The maximum Gasteiger partial charge on any atom is 0.410 e. The molecule has 1 amide bonds. The number of hydrogen-bond acceptors (Lipinski definition) is 3. The second-order valence-electron chi connectivity index (χ2n) is 10.4. The number of nitrogens with zero attached hydrogens (tertiary/aromatic N) is 1. The molecule has 2 bridgehead atoms. The SMILES string of the molecule is CC(C)(C)OC(=O)N1C2CCCC1CC(Oc1ccc(C#C[Si](C)(C)C)cc1)C2. The van der Waals surface area contributed by atoms with Gasteiger partial charge < -0.3 is 14.4 Å². The number of fused-ring (bicyclic) bond motifs is 2. The second-order valence-corrected chi connectivity index (χ2v) is 15.1. The molecule has 2 aliphatic heterocycles. The molecule has 0 aliphatic carbocycles. The molecular weight excluding hydrogens is 378 g/mol. The summed E-state index contributed by atoms with van der Waals surface area (Å²) in [6.07, 6.45) is 4.94. The van der Waals surface area contributed by atoms with E-state index in [1.165, 1.54) is 6.42 Å². The first-order valence-electron chi connectivity index (χ1n) is 10.8. The van der Waals surface area contributed by atoms with Crippen LogP contribution < -0.4 is 4.74 Å². The summed E-state index contributed by atoms with van der Waals surface area (Å²) < 4.78 is 12.0. The topological polar surface area (TPSA) is 38.8 Å². The fraction of sp³-hybridized carbons (Fsp3) is 0.625. The largest absolute Gasteiger partial charge is 0.490 e. The number of piperidine rings is 2. The quantitative estimate of drug-likeness (QED) is 0.467. The van der Waals surface area contributed by atoms with Crippen molar-refractivity contribution in [1.82, 2.24) is 4.90 Å². The summed E-state index contributed by atoms with van der Waals surface area (Å²) in [7, 11) is -1.37. The third kappa shape index (κ3) is 6.27. The van der Waals surface area contributed by atoms with E-state index in [1.54, 1.807) is 0 Å². The van der Waals surface area contributed by atoms with Crippen molar-refractivity contribution < 1.29 is 14.3 Å². The Labute approximate surface area is 177 Å². The molecule has 5 heteroatoms. The maximum absolute atomic E-state index is 12.7. The van der Waals surface area contributed by atoms with Gasteiger partial charge in [-0.15, -0.1) is 5.54 Å². The summed E-state index contributed by atoms with van der Waals surface area (Å²) in [6.45, 7) is 12.5. The number of hydrogen-bond donors (Lipinski definition) is 0. The van der Waals surface area contributed by atoms with E-state index in [2.05, 4.69) is 31.1 Å². The molecule has 3 rings (SSSR count). The highest BCUT2D eigenvalue weighted by Gasteiger charge is 2.43. The van der Waals surface area contributed by atoms with Crippen LogP contribution in [-0.4, -0.2) is 42.9 Å². The van der Waals surface area contributed by atoms with E-state index < -0.39 is 13.7 Å². The van der Waals surface area contributed by atoms with Gasteiger partial charge in [0, 0.05) is 30.5 Å². The van der Waals surface area contributed by atoms with Crippen LogP contribution in [0.15, 0.2) is 24.3 Å². The van der Waals surface area contributed by atoms with Crippen molar-refractivity contribution in [2.45, 2.75) is 96.3 Å². The fourth-order valence-electron chi connectivity index (χ4n) is 4.11. The van der Waals surface area contributed by atoms with Gasteiger partial charge in [0.15, 0.2) is 0 Å². The molecule has 1 aromatic rings. The first-order chi connectivity index (χ1) is 13.5. The van der Waals surface area contributed by atoms with Crippen LogP contribution in [0.3, 0.4) is 0 Å². The van der Waals surface area contributed by atoms with Crippen LogP contribution in [0.4, 0.5) is 4.79 Å². The third-order valence-corrected chi connectivity index (χ3v) is 6.15. The molecule has 158 valence electrons. The molecule has 0 N–H and O–H groups in total. The van der Waals surface area contributed by atoms with Gasteiger partial charge >= 0.3 is 6.09 Å². The number of benzene rings is 1. The normalized spacial score (nSPS) is 24.3. The third-order valence-electron chi connectivity index (χ3n) is 5.27. The molecule has 2 fully saturated rings. The zero-order chi connectivity index (χ0) is 21.2. The fourth-order valence-corrected chi connectivity index (χ4v) is 4.63. The smallest absolute Gasteiger partial charge is 0.410 e. The first-order valence-corrected chi connectivity index (χ1v) is 14.3. The number of ether oxygens (including phenoxy) is 2.